The number of ether oxygens (including phenoxy) is 2. The van der Waals surface area contributed by atoms with Crippen molar-refractivity contribution in [3.8, 4) is 0 Å². The molecule has 0 aliphatic carbocycles. The SMILES string of the molecule is COC[C@@H](F)CN(CCCCc1ccc2c(n1)NCCC2)CC[C@H](Nc1cccnc1)C(=O)OC(C)(C)C. The highest BCUT2D eigenvalue weighted by Crippen LogP contribution is 2.20. The van der Waals surface area contributed by atoms with E-state index in [4.69, 9.17) is 14.5 Å². The minimum atomic E-state index is -1.10. The highest BCUT2D eigenvalue weighted by molar-refractivity contribution is 5.79. The van der Waals surface area contributed by atoms with E-state index in [0.717, 1.165) is 62.4 Å². The second kappa shape index (κ2) is 15.0. The molecule has 0 radical (unpaired) electrons. The molecule has 0 fully saturated rings. The van der Waals surface area contributed by atoms with Crippen LogP contribution in [0.15, 0.2) is 36.7 Å². The molecule has 0 aromatic carbocycles. The van der Waals surface area contributed by atoms with Crippen LogP contribution in [0.5, 0.6) is 0 Å². The molecule has 2 N–H and O–H groups in total. The predicted molar refractivity (Wildman–Crippen MR) is 149 cm³/mol. The van der Waals surface area contributed by atoms with Crippen LogP contribution in [0.2, 0.25) is 0 Å². The van der Waals surface area contributed by atoms with Gasteiger partial charge in [-0.2, -0.15) is 0 Å². The molecule has 38 heavy (non-hydrogen) atoms. The van der Waals surface area contributed by atoms with Crippen LogP contribution in [0.25, 0.3) is 0 Å². The maximum Gasteiger partial charge on any atom is 0.329 e. The van der Waals surface area contributed by atoms with E-state index in [2.05, 4.69) is 32.7 Å². The number of esters is 1. The summed E-state index contributed by atoms with van der Waals surface area (Å²) in [6.07, 6.45) is 7.69. The largest absolute Gasteiger partial charge is 0.458 e. The average molecular weight is 530 g/mol. The first-order valence-corrected chi connectivity index (χ1v) is 13.7. The van der Waals surface area contributed by atoms with Gasteiger partial charge in [-0.3, -0.25) is 4.98 Å². The van der Waals surface area contributed by atoms with Crippen molar-refractivity contribution in [2.24, 2.45) is 0 Å². The van der Waals surface area contributed by atoms with Gasteiger partial charge in [0.15, 0.2) is 0 Å². The standard InChI is InChI=1S/C29H44FN5O3/c1-29(2,3)38-28(36)26(33-25-11-8-15-31-19-25)14-18-35(20-23(30)21-37-4)17-6-5-10-24-13-12-22-9-7-16-32-27(22)34-24/h8,11-13,15,19,23,26,33H,5-7,9-10,14,16-18,20-21H2,1-4H3,(H,32,34)/t23-,26-/m0/s1. The predicted octanol–water partition coefficient (Wildman–Crippen LogP) is 4.66. The van der Waals surface area contributed by atoms with E-state index in [0.29, 0.717) is 13.0 Å². The molecule has 210 valence electrons. The normalized spacial score (nSPS) is 14.9. The number of methoxy groups -OCH3 is 1. The molecule has 9 heteroatoms. The smallest absolute Gasteiger partial charge is 0.329 e. The van der Waals surface area contributed by atoms with Crippen LogP contribution in [0, 0.1) is 0 Å². The minimum Gasteiger partial charge on any atom is -0.458 e. The van der Waals surface area contributed by atoms with Gasteiger partial charge in [0.1, 0.15) is 23.6 Å². The van der Waals surface area contributed by atoms with Crippen molar-refractivity contribution in [2.45, 2.75) is 77.1 Å². The van der Waals surface area contributed by atoms with Gasteiger partial charge in [0.2, 0.25) is 0 Å². The molecule has 0 amide bonds. The van der Waals surface area contributed by atoms with Gasteiger partial charge < -0.3 is 25.0 Å². The van der Waals surface area contributed by atoms with Gasteiger partial charge >= 0.3 is 5.97 Å². The molecule has 2 aromatic heterocycles. The van der Waals surface area contributed by atoms with Gasteiger partial charge in [-0.05, 0) is 89.6 Å². The van der Waals surface area contributed by atoms with Crippen molar-refractivity contribution in [3.63, 3.8) is 0 Å². The Morgan fingerprint density at radius 3 is 2.82 bits per heavy atom. The number of hydrogen-bond donors (Lipinski definition) is 2. The van der Waals surface area contributed by atoms with Crippen molar-refractivity contribution >= 4 is 17.5 Å². The molecule has 0 spiro atoms. The molecule has 0 saturated heterocycles. The van der Waals surface area contributed by atoms with Crippen LogP contribution < -0.4 is 10.6 Å². The number of nitrogens with zero attached hydrogens (tertiary/aromatic N) is 3. The summed E-state index contributed by atoms with van der Waals surface area (Å²) < 4.78 is 25.2. The maximum atomic E-state index is 14.5. The zero-order chi connectivity index (χ0) is 27.4. The maximum absolute atomic E-state index is 14.5. The Kier molecular flexibility index (Phi) is 11.7. The summed E-state index contributed by atoms with van der Waals surface area (Å²) in [5.41, 5.74) is 2.51. The number of unbranched alkanes of at least 4 members (excludes halogenated alkanes) is 1. The number of nitrogens with one attached hydrogen (secondary N) is 2. The van der Waals surface area contributed by atoms with Gasteiger partial charge in [0.25, 0.3) is 0 Å². The molecule has 3 rings (SSSR count). The second-order valence-corrected chi connectivity index (χ2v) is 10.9. The van der Waals surface area contributed by atoms with E-state index in [1.807, 2.05) is 32.9 Å². The average Bonchev–Trinajstić information content (AvgIpc) is 2.88. The molecule has 1 aliphatic rings. The Balaban J connectivity index is 1.57. The number of rotatable bonds is 15. The van der Waals surface area contributed by atoms with Crippen molar-refractivity contribution in [1.29, 1.82) is 0 Å². The minimum absolute atomic E-state index is 0.0476. The second-order valence-electron chi connectivity index (χ2n) is 10.9. The highest BCUT2D eigenvalue weighted by Gasteiger charge is 2.26. The Morgan fingerprint density at radius 2 is 2.08 bits per heavy atom. The van der Waals surface area contributed by atoms with E-state index < -0.39 is 17.8 Å². The van der Waals surface area contributed by atoms with Gasteiger partial charge in [-0.1, -0.05) is 6.07 Å². The van der Waals surface area contributed by atoms with Crippen molar-refractivity contribution < 1.29 is 18.7 Å². The number of aromatic nitrogens is 2. The summed E-state index contributed by atoms with van der Waals surface area (Å²) in [5, 5.41) is 6.64. The van der Waals surface area contributed by atoms with Crippen LogP contribution in [-0.2, 0) is 27.1 Å². The van der Waals surface area contributed by atoms with E-state index in [9.17, 15) is 9.18 Å². The monoisotopic (exact) mass is 529 g/mol. The van der Waals surface area contributed by atoms with Gasteiger partial charge in [0.05, 0.1) is 12.3 Å². The highest BCUT2D eigenvalue weighted by atomic mass is 19.1. The van der Waals surface area contributed by atoms with Crippen LogP contribution in [0.4, 0.5) is 15.9 Å². The summed E-state index contributed by atoms with van der Waals surface area (Å²) in [4.78, 5) is 24.0. The zero-order valence-electron chi connectivity index (χ0n) is 23.3. The number of alkyl halides is 1. The first-order valence-electron chi connectivity index (χ1n) is 13.7. The molecule has 1 aliphatic heterocycles. The van der Waals surface area contributed by atoms with Crippen molar-refractivity contribution in [2.75, 3.05) is 50.5 Å². The number of carbonyl (C=O) groups excluding carboxylic acids is 1. The molecule has 3 heterocycles. The lowest BCUT2D eigenvalue weighted by molar-refractivity contribution is -0.156. The molecular weight excluding hydrogens is 485 g/mol. The Hall–Kier alpha value is -2.78. The fourth-order valence-electron chi connectivity index (χ4n) is 4.54. The van der Waals surface area contributed by atoms with E-state index in [-0.39, 0.29) is 19.1 Å². The first-order chi connectivity index (χ1) is 18.2. The Labute approximate surface area is 226 Å². The third-order valence-corrected chi connectivity index (χ3v) is 6.34. The zero-order valence-corrected chi connectivity index (χ0v) is 23.3. The lowest BCUT2D eigenvalue weighted by Crippen LogP contribution is -2.41. The number of fused-ring (bicyclic) bond motifs is 1. The topological polar surface area (TPSA) is 88.6 Å². The molecule has 2 atom stereocenters. The number of anilines is 2. The number of halogens is 1. The van der Waals surface area contributed by atoms with Crippen LogP contribution in [-0.4, -0.2) is 78.5 Å². The quantitative estimate of drug-likeness (QED) is 0.255. The summed E-state index contributed by atoms with van der Waals surface area (Å²) in [5.74, 6) is 0.687. The lowest BCUT2D eigenvalue weighted by atomic mass is 10.1. The van der Waals surface area contributed by atoms with Crippen molar-refractivity contribution in [3.05, 3.63) is 47.9 Å². The summed E-state index contributed by atoms with van der Waals surface area (Å²) >= 11 is 0. The molecule has 0 unspecified atom stereocenters. The Bertz CT molecular complexity index is 986. The number of carbonyl (C=O) groups is 1. The van der Waals surface area contributed by atoms with Gasteiger partial charge in [-0.15, -0.1) is 0 Å². The van der Waals surface area contributed by atoms with Gasteiger partial charge in [-0.25, -0.2) is 14.2 Å². The van der Waals surface area contributed by atoms with Crippen molar-refractivity contribution in [1.82, 2.24) is 14.9 Å². The van der Waals surface area contributed by atoms with Crippen LogP contribution in [0.1, 0.15) is 57.7 Å². The molecule has 2 aromatic rings. The summed E-state index contributed by atoms with van der Waals surface area (Å²) in [6.45, 7) is 8.10. The molecule has 8 nitrogen and oxygen atoms in total. The Morgan fingerprint density at radius 1 is 1.24 bits per heavy atom. The third-order valence-electron chi connectivity index (χ3n) is 6.34. The summed E-state index contributed by atoms with van der Waals surface area (Å²) in [7, 11) is 1.51. The fourth-order valence-corrected chi connectivity index (χ4v) is 4.54. The van der Waals surface area contributed by atoms with Crippen LogP contribution in [0.3, 0.4) is 0 Å². The molecule has 0 bridgehead atoms. The number of aryl methyl sites for hydroxylation is 2. The van der Waals surface area contributed by atoms with Crippen LogP contribution >= 0.6 is 0 Å². The van der Waals surface area contributed by atoms with E-state index >= 15 is 0 Å². The number of pyridine rings is 2. The van der Waals surface area contributed by atoms with Gasteiger partial charge in [0, 0.05) is 44.8 Å². The molecular formula is C29H44FN5O3. The number of hydrogen-bond acceptors (Lipinski definition) is 8. The first kappa shape index (κ1) is 29.8. The summed E-state index contributed by atoms with van der Waals surface area (Å²) in [6, 6.07) is 7.40. The fraction of sp³-hybridized carbons (Fsp3) is 0.621. The molecule has 0 saturated carbocycles. The lowest BCUT2D eigenvalue weighted by Gasteiger charge is -2.28. The third kappa shape index (κ3) is 10.5. The van der Waals surface area contributed by atoms with E-state index in [1.165, 1.54) is 12.7 Å². The van der Waals surface area contributed by atoms with E-state index in [1.54, 1.807) is 12.4 Å².